The molecule has 6 nitrogen and oxygen atoms in total. The van der Waals surface area contributed by atoms with E-state index in [1.54, 1.807) is 0 Å². The van der Waals surface area contributed by atoms with E-state index in [1.165, 1.54) is 24.9 Å². The SMILES string of the molecule is COc1c(N)nsc1NCCCS(C)(=O)=O. The van der Waals surface area contributed by atoms with Gasteiger partial charge in [-0.15, -0.1) is 0 Å². The molecular formula is C8H15N3O3S2. The molecule has 0 unspecified atom stereocenters. The van der Waals surface area contributed by atoms with Crippen molar-refractivity contribution < 1.29 is 13.2 Å². The van der Waals surface area contributed by atoms with Crippen molar-refractivity contribution in [1.29, 1.82) is 0 Å². The first-order chi connectivity index (χ1) is 7.44. The third-order valence-electron chi connectivity index (χ3n) is 1.86. The second-order valence-electron chi connectivity index (χ2n) is 3.34. The predicted octanol–water partition coefficient (Wildman–Crippen LogP) is 0.580. The average molecular weight is 265 g/mol. The van der Waals surface area contributed by atoms with Gasteiger partial charge in [-0.2, -0.15) is 4.37 Å². The highest BCUT2D eigenvalue weighted by Gasteiger charge is 2.11. The van der Waals surface area contributed by atoms with Crippen molar-refractivity contribution in [2.75, 3.05) is 36.7 Å². The van der Waals surface area contributed by atoms with Gasteiger partial charge in [-0.05, 0) is 18.0 Å². The highest BCUT2D eigenvalue weighted by molar-refractivity contribution is 7.90. The highest BCUT2D eigenvalue weighted by Crippen LogP contribution is 2.34. The number of anilines is 2. The van der Waals surface area contributed by atoms with Crippen molar-refractivity contribution in [2.45, 2.75) is 6.42 Å². The zero-order chi connectivity index (χ0) is 12.2. The van der Waals surface area contributed by atoms with Crippen molar-refractivity contribution >= 4 is 32.2 Å². The normalized spacial score (nSPS) is 11.4. The zero-order valence-corrected chi connectivity index (χ0v) is 10.8. The second-order valence-corrected chi connectivity index (χ2v) is 6.37. The first kappa shape index (κ1) is 13.0. The first-order valence-corrected chi connectivity index (χ1v) is 7.48. The van der Waals surface area contributed by atoms with Gasteiger partial charge in [0, 0.05) is 12.8 Å². The lowest BCUT2D eigenvalue weighted by Gasteiger charge is -2.05. The Morgan fingerprint density at radius 2 is 2.25 bits per heavy atom. The summed E-state index contributed by atoms with van der Waals surface area (Å²) in [6.07, 6.45) is 1.76. The molecule has 16 heavy (non-hydrogen) atoms. The summed E-state index contributed by atoms with van der Waals surface area (Å²) in [5.74, 6) is 1.03. The van der Waals surface area contributed by atoms with Crippen LogP contribution < -0.4 is 15.8 Å². The van der Waals surface area contributed by atoms with Crippen molar-refractivity contribution in [3.8, 4) is 5.75 Å². The fourth-order valence-electron chi connectivity index (χ4n) is 1.14. The Kier molecular flexibility index (Phi) is 4.36. The molecule has 1 aromatic rings. The van der Waals surface area contributed by atoms with E-state index in [9.17, 15) is 8.42 Å². The smallest absolute Gasteiger partial charge is 0.197 e. The molecule has 1 aromatic heterocycles. The van der Waals surface area contributed by atoms with Gasteiger partial charge in [0.2, 0.25) is 0 Å². The Bertz CT molecular complexity index is 441. The van der Waals surface area contributed by atoms with Crippen LogP contribution >= 0.6 is 11.5 Å². The molecule has 0 spiro atoms. The molecule has 0 amide bonds. The van der Waals surface area contributed by atoms with Gasteiger partial charge < -0.3 is 15.8 Å². The van der Waals surface area contributed by atoms with Gasteiger partial charge in [0.05, 0.1) is 12.9 Å². The topological polar surface area (TPSA) is 94.3 Å². The van der Waals surface area contributed by atoms with Gasteiger partial charge in [0.25, 0.3) is 0 Å². The number of rotatable bonds is 6. The first-order valence-electron chi connectivity index (χ1n) is 4.65. The summed E-state index contributed by atoms with van der Waals surface area (Å²) in [7, 11) is -1.38. The summed E-state index contributed by atoms with van der Waals surface area (Å²) in [6.45, 7) is 0.547. The molecule has 0 aliphatic carbocycles. The number of methoxy groups -OCH3 is 1. The van der Waals surface area contributed by atoms with Crippen LogP contribution in [0.3, 0.4) is 0 Å². The van der Waals surface area contributed by atoms with E-state index < -0.39 is 9.84 Å². The summed E-state index contributed by atoms with van der Waals surface area (Å²) in [5, 5.41) is 3.77. The summed E-state index contributed by atoms with van der Waals surface area (Å²) < 4.78 is 30.8. The minimum absolute atomic E-state index is 0.163. The van der Waals surface area contributed by atoms with E-state index in [-0.39, 0.29) is 5.75 Å². The Morgan fingerprint density at radius 1 is 1.56 bits per heavy atom. The number of hydrogen-bond acceptors (Lipinski definition) is 7. The van der Waals surface area contributed by atoms with Crippen LogP contribution in [0.5, 0.6) is 5.75 Å². The molecule has 92 valence electrons. The lowest BCUT2D eigenvalue weighted by molar-refractivity contribution is 0.419. The molecule has 3 N–H and O–H groups in total. The predicted molar refractivity (Wildman–Crippen MR) is 65.9 cm³/mol. The van der Waals surface area contributed by atoms with Crippen LogP contribution in [0.15, 0.2) is 0 Å². The molecule has 0 saturated heterocycles. The summed E-state index contributed by atoms with van der Waals surface area (Å²) in [5.41, 5.74) is 5.56. The monoisotopic (exact) mass is 265 g/mol. The van der Waals surface area contributed by atoms with Crippen LogP contribution in [0.4, 0.5) is 10.8 Å². The lowest BCUT2D eigenvalue weighted by Crippen LogP contribution is -2.09. The fourth-order valence-corrected chi connectivity index (χ4v) is 2.52. The Balaban J connectivity index is 2.43. The van der Waals surface area contributed by atoms with E-state index in [0.717, 1.165) is 5.00 Å². The minimum Gasteiger partial charge on any atom is -0.490 e. The number of aromatic nitrogens is 1. The molecular weight excluding hydrogens is 250 g/mol. The van der Waals surface area contributed by atoms with E-state index in [0.29, 0.717) is 24.5 Å². The van der Waals surface area contributed by atoms with E-state index in [2.05, 4.69) is 9.69 Å². The van der Waals surface area contributed by atoms with Crippen molar-refractivity contribution in [3.63, 3.8) is 0 Å². The maximum Gasteiger partial charge on any atom is 0.197 e. The van der Waals surface area contributed by atoms with E-state index in [4.69, 9.17) is 10.5 Å². The van der Waals surface area contributed by atoms with Crippen LogP contribution in [0.1, 0.15) is 6.42 Å². The minimum atomic E-state index is -2.90. The molecule has 8 heteroatoms. The third kappa shape index (κ3) is 3.86. The molecule has 0 atom stereocenters. The number of nitrogens with two attached hydrogens (primary N) is 1. The summed E-state index contributed by atoms with van der Waals surface area (Å²) >= 11 is 1.20. The van der Waals surface area contributed by atoms with Crippen molar-refractivity contribution in [2.24, 2.45) is 0 Å². The summed E-state index contributed by atoms with van der Waals surface area (Å²) in [6, 6.07) is 0. The molecule has 0 aromatic carbocycles. The van der Waals surface area contributed by atoms with E-state index >= 15 is 0 Å². The average Bonchev–Trinajstić information content (AvgIpc) is 2.52. The molecule has 0 radical (unpaired) electrons. The highest BCUT2D eigenvalue weighted by atomic mass is 32.2. The van der Waals surface area contributed by atoms with Gasteiger partial charge in [0.15, 0.2) is 16.6 Å². The van der Waals surface area contributed by atoms with Crippen molar-refractivity contribution in [1.82, 2.24) is 4.37 Å². The van der Waals surface area contributed by atoms with Gasteiger partial charge >= 0.3 is 0 Å². The molecule has 0 bridgehead atoms. The van der Waals surface area contributed by atoms with Crippen LogP contribution in [0.25, 0.3) is 0 Å². The van der Waals surface area contributed by atoms with Crippen LogP contribution in [-0.2, 0) is 9.84 Å². The zero-order valence-electron chi connectivity index (χ0n) is 9.19. The quantitative estimate of drug-likeness (QED) is 0.731. The van der Waals surface area contributed by atoms with Gasteiger partial charge in [-0.1, -0.05) is 0 Å². The third-order valence-corrected chi connectivity index (χ3v) is 3.69. The number of nitrogens with one attached hydrogen (secondary N) is 1. The molecule has 0 aliphatic rings. The van der Waals surface area contributed by atoms with Crippen molar-refractivity contribution in [3.05, 3.63) is 0 Å². The lowest BCUT2D eigenvalue weighted by atomic mass is 10.4. The number of nitrogen functional groups attached to an aromatic ring is 1. The summed E-state index contributed by atoms with van der Waals surface area (Å²) in [4.78, 5) is 0. The fraction of sp³-hybridized carbons (Fsp3) is 0.625. The van der Waals surface area contributed by atoms with Crippen LogP contribution in [0.2, 0.25) is 0 Å². The van der Waals surface area contributed by atoms with Crippen LogP contribution in [0, 0.1) is 0 Å². The standard InChI is InChI=1S/C8H15N3O3S2/c1-14-6-7(9)11-15-8(6)10-4-3-5-16(2,12)13/h10H,3-5H2,1-2H3,(H2,9,11). The Morgan fingerprint density at radius 3 is 2.81 bits per heavy atom. The molecule has 0 aliphatic heterocycles. The van der Waals surface area contributed by atoms with Gasteiger partial charge in [-0.25, -0.2) is 8.42 Å². The largest absolute Gasteiger partial charge is 0.490 e. The molecule has 1 heterocycles. The molecule has 1 rings (SSSR count). The van der Waals surface area contributed by atoms with E-state index in [1.807, 2.05) is 0 Å². The van der Waals surface area contributed by atoms with Gasteiger partial charge in [-0.3, -0.25) is 0 Å². The molecule has 0 fully saturated rings. The second kappa shape index (κ2) is 5.35. The molecule has 0 saturated carbocycles. The number of sulfone groups is 1. The van der Waals surface area contributed by atoms with Gasteiger partial charge in [0.1, 0.15) is 9.84 Å². The Labute approximate surface area is 98.9 Å². The number of hydrogen-bond donors (Lipinski definition) is 2. The van der Waals surface area contributed by atoms with Crippen LogP contribution in [-0.4, -0.2) is 38.5 Å². The number of nitrogens with zero attached hydrogens (tertiary/aromatic N) is 1. The Hall–Kier alpha value is -1.02. The maximum atomic E-state index is 10.9. The maximum absolute atomic E-state index is 10.9. The number of ether oxygens (including phenoxy) is 1.